The molecule has 2 atom stereocenters. The fraction of sp³-hybridized carbons (Fsp3) is 0.619. The number of carbonyl (C=O) groups is 2. The number of esters is 1. The minimum atomic E-state index is -0.551. The van der Waals surface area contributed by atoms with Gasteiger partial charge in [0, 0.05) is 6.04 Å². The number of hydrogen-bond donors (Lipinski definition) is 1. The highest BCUT2D eigenvalue weighted by molar-refractivity contribution is 5.92. The van der Waals surface area contributed by atoms with Gasteiger partial charge in [0.15, 0.2) is 18.1 Å². The van der Waals surface area contributed by atoms with Crippen molar-refractivity contribution in [3.05, 3.63) is 23.8 Å². The van der Waals surface area contributed by atoms with Crippen LogP contribution in [0, 0.1) is 5.92 Å². The van der Waals surface area contributed by atoms with Gasteiger partial charge in [-0.25, -0.2) is 4.79 Å². The molecule has 1 aliphatic rings. The van der Waals surface area contributed by atoms with Crippen LogP contribution in [0.1, 0.15) is 63.2 Å². The van der Waals surface area contributed by atoms with Gasteiger partial charge in [-0.3, -0.25) is 4.79 Å². The first kappa shape index (κ1) is 21.1. The molecule has 1 aromatic carbocycles. The van der Waals surface area contributed by atoms with Gasteiger partial charge in [0.25, 0.3) is 5.91 Å². The van der Waals surface area contributed by atoms with Crippen LogP contribution in [0.15, 0.2) is 18.2 Å². The molecular formula is C21H31NO5. The number of carbonyl (C=O) groups excluding carboxylic acids is 2. The minimum absolute atomic E-state index is 0.171. The van der Waals surface area contributed by atoms with Crippen LogP contribution in [0.4, 0.5) is 0 Å². The summed E-state index contributed by atoms with van der Waals surface area (Å²) in [6, 6.07) is 5.08. The van der Waals surface area contributed by atoms with Crippen LogP contribution in [0.25, 0.3) is 0 Å². The minimum Gasteiger partial charge on any atom is -0.490 e. The van der Waals surface area contributed by atoms with E-state index in [-0.39, 0.29) is 18.6 Å². The first-order valence-corrected chi connectivity index (χ1v) is 9.91. The Kier molecular flexibility index (Phi) is 8.43. The average Bonchev–Trinajstić information content (AvgIpc) is 2.67. The summed E-state index contributed by atoms with van der Waals surface area (Å²) in [4.78, 5) is 24.4. The molecule has 1 saturated carbocycles. The number of nitrogens with one attached hydrogen (secondary N) is 1. The van der Waals surface area contributed by atoms with Crippen molar-refractivity contribution in [1.29, 1.82) is 0 Å². The van der Waals surface area contributed by atoms with Crippen LogP contribution in [-0.2, 0) is 9.53 Å². The van der Waals surface area contributed by atoms with E-state index < -0.39 is 5.97 Å². The lowest BCUT2D eigenvalue weighted by Crippen LogP contribution is -2.42. The highest BCUT2D eigenvalue weighted by Gasteiger charge is 2.23. The predicted octanol–water partition coefficient (Wildman–Crippen LogP) is 3.73. The summed E-state index contributed by atoms with van der Waals surface area (Å²) in [6.07, 6.45) is 5.32. The molecule has 1 aliphatic carbocycles. The standard InChI is InChI=1S/C21H31NO5/c1-4-12-26-18-11-10-16(13-19(18)25-5-2)21(24)27-14-20(23)22-17-9-7-6-8-15(17)3/h10-11,13,15,17H,4-9,12,14H2,1-3H3,(H,22,23). The summed E-state index contributed by atoms with van der Waals surface area (Å²) in [5.41, 5.74) is 0.334. The van der Waals surface area contributed by atoms with Crippen molar-refractivity contribution in [1.82, 2.24) is 5.32 Å². The normalized spacial score (nSPS) is 19.2. The van der Waals surface area contributed by atoms with Gasteiger partial charge in [-0.15, -0.1) is 0 Å². The lowest BCUT2D eigenvalue weighted by molar-refractivity contribution is -0.125. The summed E-state index contributed by atoms with van der Waals surface area (Å²) < 4.78 is 16.3. The van der Waals surface area contributed by atoms with Crippen molar-refractivity contribution in [2.24, 2.45) is 5.92 Å². The monoisotopic (exact) mass is 377 g/mol. The van der Waals surface area contributed by atoms with Crippen molar-refractivity contribution < 1.29 is 23.8 Å². The number of hydrogen-bond acceptors (Lipinski definition) is 5. The fourth-order valence-corrected chi connectivity index (χ4v) is 3.23. The maximum Gasteiger partial charge on any atom is 0.338 e. The second kappa shape index (κ2) is 10.8. The fourth-order valence-electron chi connectivity index (χ4n) is 3.23. The van der Waals surface area contributed by atoms with Gasteiger partial charge < -0.3 is 19.5 Å². The van der Waals surface area contributed by atoms with E-state index in [0.29, 0.717) is 36.2 Å². The molecule has 1 N–H and O–H groups in total. The van der Waals surface area contributed by atoms with Crippen LogP contribution >= 0.6 is 0 Å². The first-order chi connectivity index (χ1) is 13.0. The predicted molar refractivity (Wildman–Crippen MR) is 103 cm³/mol. The average molecular weight is 377 g/mol. The summed E-state index contributed by atoms with van der Waals surface area (Å²) >= 11 is 0. The lowest BCUT2D eigenvalue weighted by atomic mass is 9.86. The maximum absolute atomic E-state index is 12.3. The number of rotatable bonds is 9. The highest BCUT2D eigenvalue weighted by Crippen LogP contribution is 2.29. The maximum atomic E-state index is 12.3. The SMILES string of the molecule is CCCOc1ccc(C(=O)OCC(=O)NC2CCCCC2C)cc1OCC. The van der Waals surface area contributed by atoms with Crippen molar-refractivity contribution in [3.63, 3.8) is 0 Å². The zero-order chi connectivity index (χ0) is 19.6. The molecule has 0 spiro atoms. The van der Waals surface area contributed by atoms with Crippen LogP contribution in [0.5, 0.6) is 11.5 Å². The Morgan fingerprint density at radius 3 is 2.59 bits per heavy atom. The van der Waals surface area contributed by atoms with Gasteiger partial charge in [-0.05, 0) is 50.3 Å². The van der Waals surface area contributed by atoms with Crippen molar-refractivity contribution in [3.8, 4) is 11.5 Å². The summed E-state index contributed by atoms with van der Waals surface area (Å²) in [5, 5.41) is 2.98. The molecule has 150 valence electrons. The zero-order valence-corrected chi connectivity index (χ0v) is 16.6. The summed E-state index contributed by atoms with van der Waals surface area (Å²) in [5.74, 6) is 0.753. The second-order valence-corrected chi connectivity index (χ2v) is 6.95. The Hall–Kier alpha value is -2.24. The Balaban J connectivity index is 1.90. The molecule has 0 bridgehead atoms. The quantitative estimate of drug-likeness (QED) is 0.664. The van der Waals surface area contributed by atoms with Crippen molar-refractivity contribution in [2.75, 3.05) is 19.8 Å². The van der Waals surface area contributed by atoms with Crippen LogP contribution < -0.4 is 14.8 Å². The second-order valence-electron chi connectivity index (χ2n) is 6.95. The van der Waals surface area contributed by atoms with E-state index in [4.69, 9.17) is 14.2 Å². The van der Waals surface area contributed by atoms with E-state index in [9.17, 15) is 9.59 Å². The first-order valence-electron chi connectivity index (χ1n) is 9.91. The molecule has 6 heteroatoms. The number of amides is 1. The Labute approximate surface area is 161 Å². The summed E-state index contributed by atoms with van der Waals surface area (Å²) in [6.45, 7) is 6.79. The Bertz CT molecular complexity index is 631. The molecule has 1 fully saturated rings. The third-order valence-electron chi connectivity index (χ3n) is 4.73. The van der Waals surface area contributed by atoms with E-state index in [2.05, 4.69) is 12.2 Å². The third kappa shape index (κ3) is 6.45. The molecule has 27 heavy (non-hydrogen) atoms. The van der Waals surface area contributed by atoms with Gasteiger partial charge in [0.05, 0.1) is 18.8 Å². The van der Waals surface area contributed by atoms with Gasteiger partial charge >= 0.3 is 5.97 Å². The highest BCUT2D eigenvalue weighted by atomic mass is 16.5. The van der Waals surface area contributed by atoms with E-state index in [1.165, 1.54) is 6.42 Å². The van der Waals surface area contributed by atoms with Crippen LogP contribution in [0.2, 0.25) is 0 Å². The molecule has 0 saturated heterocycles. The Morgan fingerprint density at radius 1 is 1.11 bits per heavy atom. The van der Waals surface area contributed by atoms with Crippen LogP contribution in [-0.4, -0.2) is 37.7 Å². The molecule has 0 aliphatic heterocycles. The van der Waals surface area contributed by atoms with Crippen molar-refractivity contribution >= 4 is 11.9 Å². The molecule has 6 nitrogen and oxygen atoms in total. The van der Waals surface area contributed by atoms with Gasteiger partial charge in [0.1, 0.15) is 0 Å². The molecule has 0 aromatic heterocycles. The zero-order valence-electron chi connectivity index (χ0n) is 16.6. The molecule has 0 heterocycles. The molecule has 2 unspecified atom stereocenters. The smallest absolute Gasteiger partial charge is 0.338 e. The van der Waals surface area contributed by atoms with E-state index in [1.54, 1.807) is 18.2 Å². The third-order valence-corrected chi connectivity index (χ3v) is 4.73. The van der Waals surface area contributed by atoms with Gasteiger partial charge in [0.2, 0.25) is 0 Å². The number of ether oxygens (including phenoxy) is 3. The molecule has 0 radical (unpaired) electrons. The Morgan fingerprint density at radius 2 is 1.89 bits per heavy atom. The molecule has 1 amide bonds. The van der Waals surface area contributed by atoms with E-state index >= 15 is 0 Å². The summed E-state index contributed by atoms with van der Waals surface area (Å²) in [7, 11) is 0. The number of benzene rings is 1. The van der Waals surface area contributed by atoms with E-state index in [0.717, 1.165) is 25.7 Å². The topological polar surface area (TPSA) is 73.9 Å². The van der Waals surface area contributed by atoms with Crippen LogP contribution in [0.3, 0.4) is 0 Å². The molecule has 2 rings (SSSR count). The molecular weight excluding hydrogens is 346 g/mol. The molecule has 1 aromatic rings. The van der Waals surface area contributed by atoms with Crippen molar-refractivity contribution in [2.45, 2.75) is 58.9 Å². The largest absolute Gasteiger partial charge is 0.490 e. The van der Waals surface area contributed by atoms with Gasteiger partial charge in [-0.2, -0.15) is 0 Å². The lowest BCUT2D eigenvalue weighted by Gasteiger charge is -2.29. The van der Waals surface area contributed by atoms with E-state index in [1.807, 2.05) is 13.8 Å². The van der Waals surface area contributed by atoms with Gasteiger partial charge in [-0.1, -0.05) is 26.7 Å².